The van der Waals surface area contributed by atoms with Gasteiger partial charge in [-0.3, -0.25) is 10.1 Å². The summed E-state index contributed by atoms with van der Waals surface area (Å²) in [5.74, 6) is 0.549. The van der Waals surface area contributed by atoms with E-state index < -0.39 is 0 Å². The maximum Gasteiger partial charge on any atom is 0.322 e. The van der Waals surface area contributed by atoms with Crippen molar-refractivity contribution in [3.05, 3.63) is 34.5 Å². The first-order chi connectivity index (χ1) is 9.51. The van der Waals surface area contributed by atoms with Crippen LogP contribution in [0.5, 0.6) is 0 Å². The molecule has 2 aromatic rings. The molecule has 0 aliphatic rings. The standard InChI is InChI=1S/C15H18BrNO3/c1-4-19-15(18)10(3)17-9(2)14-8-11-7-12(16)5-6-13(11)20-14/h5-10,17H,4H2,1-3H3. The first-order valence-electron chi connectivity index (χ1n) is 6.63. The summed E-state index contributed by atoms with van der Waals surface area (Å²) in [6.45, 7) is 5.93. The van der Waals surface area contributed by atoms with E-state index >= 15 is 0 Å². The van der Waals surface area contributed by atoms with E-state index in [1.54, 1.807) is 13.8 Å². The van der Waals surface area contributed by atoms with E-state index in [-0.39, 0.29) is 18.1 Å². The van der Waals surface area contributed by atoms with Gasteiger partial charge in [0.2, 0.25) is 0 Å². The topological polar surface area (TPSA) is 51.5 Å². The highest BCUT2D eigenvalue weighted by Crippen LogP contribution is 2.26. The molecular weight excluding hydrogens is 322 g/mol. The minimum atomic E-state index is -0.370. The van der Waals surface area contributed by atoms with Crippen molar-refractivity contribution in [3.8, 4) is 0 Å². The zero-order valence-electron chi connectivity index (χ0n) is 11.8. The van der Waals surface area contributed by atoms with E-state index in [2.05, 4.69) is 21.2 Å². The maximum atomic E-state index is 11.6. The van der Waals surface area contributed by atoms with Crippen molar-refractivity contribution in [1.82, 2.24) is 5.32 Å². The van der Waals surface area contributed by atoms with E-state index in [0.717, 1.165) is 21.2 Å². The quantitative estimate of drug-likeness (QED) is 0.842. The highest BCUT2D eigenvalue weighted by Gasteiger charge is 2.19. The van der Waals surface area contributed by atoms with Gasteiger partial charge in [-0.25, -0.2) is 0 Å². The van der Waals surface area contributed by atoms with Crippen molar-refractivity contribution in [2.75, 3.05) is 6.61 Å². The fourth-order valence-corrected chi connectivity index (χ4v) is 2.42. The van der Waals surface area contributed by atoms with Crippen LogP contribution in [0.4, 0.5) is 0 Å². The summed E-state index contributed by atoms with van der Waals surface area (Å²) in [5, 5.41) is 4.21. The van der Waals surface area contributed by atoms with Crippen molar-refractivity contribution < 1.29 is 13.9 Å². The maximum absolute atomic E-state index is 11.6. The van der Waals surface area contributed by atoms with Gasteiger partial charge in [-0.05, 0) is 45.0 Å². The number of carbonyl (C=O) groups is 1. The number of rotatable bonds is 5. The molecule has 0 amide bonds. The Labute approximate surface area is 126 Å². The molecule has 108 valence electrons. The Morgan fingerprint density at radius 2 is 2.15 bits per heavy atom. The zero-order chi connectivity index (χ0) is 14.7. The fraction of sp³-hybridized carbons (Fsp3) is 0.400. The molecule has 2 unspecified atom stereocenters. The zero-order valence-corrected chi connectivity index (χ0v) is 13.4. The third-order valence-electron chi connectivity index (χ3n) is 3.06. The summed E-state index contributed by atoms with van der Waals surface area (Å²) >= 11 is 3.44. The van der Waals surface area contributed by atoms with Crippen LogP contribution in [0, 0.1) is 0 Å². The third kappa shape index (κ3) is 3.41. The van der Waals surface area contributed by atoms with Crippen molar-refractivity contribution in [3.63, 3.8) is 0 Å². The van der Waals surface area contributed by atoms with Gasteiger partial charge in [-0.1, -0.05) is 15.9 Å². The molecule has 0 fully saturated rings. The van der Waals surface area contributed by atoms with E-state index in [4.69, 9.17) is 9.15 Å². The highest BCUT2D eigenvalue weighted by molar-refractivity contribution is 9.10. The summed E-state index contributed by atoms with van der Waals surface area (Å²) in [6, 6.07) is 7.41. The van der Waals surface area contributed by atoms with Gasteiger partial charge in [0.1, 0.15) is 17.4 Å². The van der Waals surface area contributed by atoms with E-state index in [9.17, 15) is 4.79 Å². The molecule has 0 radical (unpaired) electrons. The second-order valence-corrected chi connectivity index (χ2v) is 5.61. The van der Waals surface area contributed by atoms with Crippen LogP contribution in [-0.2, 0) is 9.53 Å². The van der Waals surface area contributed by atoms with Gasteiger partial charge in [0, 0.05) is 9.86 Å². The average molecular weight is 340 g/mol. The molecule has 0 aliphatic heterocycles. The molecule has 4 nitrogen and oxygen atoms in total. The molecule has 20 heavy (non-hydrogen) atoms. The Balaban J connectivity index is 2.11. The van der Waals surface area contributed by atoms with Crippen LogP contribution in [0.2, 0.25) is 0 Å². The second kappa shape index (κ2) is 6.41. The Kier molecular flexibility index (Phi) is 4.83. The molecule has 1 heterocycles. The molecule has 2 atom stereocenters. The lowest BCUT2D eigenvalue weighted by atomic mass is 10.2. The molecule has 2 rings (SSSR count). The Morgan fingerprint density at radius 3 is 2.85 bits per heavy atom. The van der Waals surface area contributed by atoms with Crippen molar-refractivity contribution in [2.45, 2.75) is 32.9 Å². The highest BCUT2D eigenvalue weighted by atomic mass is 79.9. The molecule has 1 aromatic heterocycles. The monoisotopic (exact) mass is 339 g/mol. The van der Waals surface area contributed by atoms with E-state index in [1.165, 1.54) is 0 Å². The van der Waals surface area contributed by atoms with E-state index in [0.29, 0.717) is 6.61 Å². The molecule has 0 bridgehead atoms. The van der Waals surface area contributed by atoms with Crippen LogP contribution in [0.1, 0.15) is 32.6 Å². The number of halogens is 1. The molecular formula is C15H18BrNO3. The summed E-state index contributed by atoms with van der Waals surface area (Å²) in [5.41, 5.74) is 0.834. The van der Waals surface area contributed by atoms with Gasteiger partial charge in [0.05, 0.1) is 12.6 Å². The number of fused-ring (bicyclic) bond motifs is 1. The van der Waals surface area contributed by atoms with Crippen molar-refractivity contribution >= 4 is 32.9 Å². The predicted octanol–water partition coefficient (Wildman–Crippen LogP) is 3.80. The van der Waals surface area contributed by atoms with Gasteiger partial charge in [-0.2, -0.15) is 0 Å². The molecule has 0 spiro atoms. The molecule has 1 N–H and O–H groups in total. The lowest BCUT2D eigenvalue weighted by Gasteiger charge is -2.16. The predicted molar refractivity (Wildman–Crippen MR) is 81.6 cm³/mol. The summed E-state index contributed by atoms with van der Waals surface area (Å²) < 4.78 is 11.8. The van der Waals surface area contributed by atoms with Gasteiger partial charge in [0.25, 0.3) is 0 Å². The number of esters is 1. The number of ether oxygens (including phenoxy) is 1. The summed E-state index contributed by atoms with van der Waals surface area (Å²) in [4.78, 5) is 11.6. The molecule has 0 aliphatic carbocycles. The molecule has 5 heteroatoms. The molecule has 1 aromatic carbocycles. The SMILES string of the molecule is CCOC(=O)C(C)NC(C)c1cc2cc(Br)ccc2o1. The van der Waals surface area contributed by atoms with Crippen LogP contribution in [-0.4, -0.2) is 18.6 Å². The largest absolute Gasteiger partial charge is 0.465 e. The van der Waals surface area contributed by atoms with Gasteiger partial charge in [0.15, 0.2) is 0 Å². The van der Waals surface area contributed by atoms with Crippen LogP contribution in [0.15, 0.2) is 33.2 Å². The first kappa shape index (κ1) is 15.1. The number of hydrogen-bond acceptors (Lipinski definition) is 4. The molecule has 0 saturated carbocycles. The van der Waals surface area contributed by atoms with Crippen molar-refractivity contribution in [2.24, 2.45) is 0 Å². The lowest BCUT2D eigenvalue weighted by Crippen LogP contribution is -2.36. The van der Waals surface area contributed by atoms with Crippen molar-refractivity contribution in [1.29, 1.82) is 0 Å². The average Bonchev–Trinajstić information content (AvgIpc) is 2.81. The van der Waals surface area contributed by atoms with Gasteiger partial charge < -0.3 is 9.15 Å². The van der Waals surface area contributed by atoms with Crippen LogP contribution < -0.4 is 5.32 Å². The Morgan fingerprint density at radius 1 is 1.40 bits per heavy atom. The Bertz CT molecular complexity index is 608. The fourth-order valence-electron chi connectivity index (χ4n) is 2.04. The number of carbonyl (C=O) groups excluding carboxylic acids is 1. The second-order valence-electron chi connectivity index (χ2n) is 4.69. The van der Waals surface area contributed by atoms with Crippen LogP contribution in [0.25, 0.3) is 11.0 Å². The Hall–Kier alpha value is -1.33. The number of hydrogen-bond donors (Lipinski definition) is 1. The number of furan rings is 1. The lowest BCUT2D eigenvalue weighted by molar-refractivity contribution is -0.145. The van der Waals surface area contributed by atoms with E-state index in [1.807, 2.05) is 31.2 Å². The minimum absolute atomic E-state index is 0.0689. The third-order valence-corrected chi connectivity index (χ3v) is 3.56. The molecule has 0 saturated heterocycles. The normalized spacial score (nSPS) is 14.2. The van der Waals surface area contributed by atoms with Crippen LogP contribution >= 0.6 is 15.9 Å². The smallest absolute Gasteiger partial charge is 0.322 e. The summed E-state index contributed by atoms with van der Waals surface area (Å²) in [6.07, 6.45) is 0. The van der Waals surface area contributed by atoms with Crippen LogP contribution in [0.3, 0.4) is 0 Å². The number of nitrogens with one attached hydrogen (secondary N) is 1. The summed E-state index contributed by atoms with van der Waals surface area (Å²) in [7, 11) is 0. The van der Waals surface area contributed by atoms with Gasteiger partial charge >= 0.3 is 5.97 Å². The minimum Gasteiger partial charge on any atom is -0.465 e. The van der Waals surface area contributed by atoms with Gasteiger partial charge in [-0.15, -0.1) is 0 Å². The number of benzene rings is 1. The first-order valence-corrected chi connectivity index (χ1v) is 7.42.